The number of nitrogens with zero attached hydrogens (tertiary/aromatic N) is 2. The van der Waals surface area contributed by atoms with Gasteiger partial charge in [-0.1, -0.05) is 49.7 Å². The highest BCUT2D eigenvalue weighted by atomic mass is 32.1. The molecule has 1 aromatic carbocycles. The number of hydrogen-bond acceptors (Lipinski definition) is 3. The zero-order valence-corrected chi connectivity index (χ0v) is 12.9. The fourth-order valence-corrected chi connectivity index (χ4v) is 2.94. The highest BCUT2D eigenvalue weighted by Crippen LogP contribution is 2.26. The first-order valence-electron chi connectivity index (χ1n) is 7.34. The van der Waals surface area contributed by atoms with Gasteiger partial charge in [-0.25, -0.2) is 9.97 Å². The lowest BCUT2D eigenvalue weighted by Crippen LogP contribution is -1.98. The summed E-state index contributed by atoms with van der Waals surface area (Å²) >= 11 is 1.72. The van der Waals surface area contributed by atoms with E-state index in [4.69, 9.17) is 9.97 Å². The van der Waals surface area contributed by atoms with E-state index in [2.05, 4.69) is 42.6 Å². The maximum atomic E-state index is 4.75. The topological polar surface area (TPSA) is 25.8 Å². The van der Waals surface area contributed by atoms with Crippen molar-refractivity contribution >= 4 is 11.3 Å². The molecule has 2 nitrogen and oxygen atoms in total. The molecule has 0 fully saturated rings. The van der Waals surface area contributed by atoms with Crippen LogP contribution in [0.3, 0.4) is 0 Å². The standard InChI is InChI=1S/C18H18N2S/c1-2-3-10-15-13-16(17-11-7-12-21-17)20-18(19-15)14-8-5-4-6-9-14/h4-9,11-13H,2-3,10H2,1H3. The SMILES string of the molecule is CCCCc1cc(-c2cccs2)nc(-c2ccccc2)n1. The van der Waals surface area contributed by atoms with E-state index in [1.807, 2.05) is 18.2 Å². The van der Waals surface area contributed by atoms with E-state index in [1.165, 1.54) is 11.3 Å². The molecule has 2 aromatic heterocycles. The van der Waals surface area contributed by atoms with Gasteiger partial charge in [0.1, 0.15) is 0 Å². The van der Waals surface area contributed by atoms with Crippen molar-refractivity contribution in [3.05, 3.63) is 59.6 Å². The van der Waals surface area contributed by atoms with E-state index in [-0.39, 0.29) is 0 Å². The minimum Gasteiger partial charge on any atom is -0.233 e. The summed E-state index contributed by atoms with van der Waals surface area (Å²) in [5.41, 5.74) is 3.24. The van der Waals surface area contributed by atoms with Crippen LogP contribution in [0, 0.1) is 0 Å². The fraction of sp³-hybridized carbons (Fsp3) is 0.222. The third-order valence-corrected chi connectivity index (χ3v) is 4.26. The van der Waals surface area contributed by atoms with Crippen LogP contribution in [0.4, 0.5) is 0 Å². The Hall–Kier alpha value is -2.00. The average molecular weight is 294 g/mol. The molecule has 3 aromatic rings. The Balaban J connectivity index is 2.05. The van der Waals surface area contributed by atoms with Gasteiger partial charge in [0.25, 0.3) is 0 Å². The van der Waals surface area contributed by atoms with Gasteiger partial charge in [0.05, 0.1) is 10.6 Å². The Bertz CT molecular complexity index is 691. The van der Waals surface area contributed by atoms with Gasteiger partial charge in [-0.2, -0.15) is 0 Å². The molecule has 0 aliphatic rings. The molecule has 106 valence electrons. The van der Waals surface area contributed by atoms with Crippen molar-refractivity contribution in [2.24, 2.45) is 0 Å². The van der Waals surface area contributed by atoms with Gasteiger partial charge in [0.15, 0.2) is 5.82 Å². The van der Waals surface area contributed by atoms with E-state index in [9.17, 15) is 0 Å². The van der Waals surface area contributed by atoms with Crippen LogP contribution in [0.5, 0.6) is 0 Å². The molecule has 0 saturated carbocycles. The van der Waals surface area contributed by atoms with Gasteiger partial charge in [-0.15, -0.1) is 11.3 Å². The van der Waals surface area contributed by atoms with Crippen LogP contribution in [0.2, 0.25) is 0 Å². The number of unbranched alkanes of at least 4 members (excludes halogenated alkanes) is 1. The summed E-state index contributed by atoms with van der Waals surface area (Å²) in [4.78, 5) is 10.7. The van der Waals surface area contributed by atoms with E-state index in [1.54, 1.807) is 11.3 Å². The van der Waals surface area contributed by atoms with Crippen LogP contribution in [0.15, 0.2) is 53.9 Å². The molecule has 0 radical (unpaired) electrons. The van der Waals surface area contributed by atoms with E-state index >= 15 is 0 Å². The zero-order valence-electron chi connectivity index (χ0n) is 12.1. The van der Waals surface area contributed by atoms with Crippen molar-refractivity contribution in [2.45, 2.75) is 26.2 Å². The summed E-state index contributed by atoms with van der Waals surface area (Å²) in [5.74, 6) is 0.826. The number of rotatable bonds is 5. The van der Waals surface area contributed by atoms with Crippen LogP contribution < -0.4 is 0 Å². The van der Waals surface area contributed by atoms with Crippen molar-refractivity contribution in [2.75, 3.05) is 0 Å². The molecule has 3 heteroatoms. The molecule has 0 aliphatic carbocycles. The summed E-state index contributed by atoms with van der Waals surface area (Å²) in [7, 11) is 0. The van der Waals surface area contributed by atoms with Crippen LogP contribution >= 0.6 is 11.3 Å². The molecule has 0 aliphatic heterocycles. The summed E-state index contributed by atoms with van der Waals surface area (Å²) in [6.45, 7) is 2.21. The minimum absolute atomic E-state index is 0.826. The summed E-state index contributed by atoms with van der Waals surface area (Å²) in [6, 6.07) is 16.5. The van der Waals surface area contributed by atoms with Crippen molar-refractivity contribution in [1.82, 2.24) is 9.97 Å². The van der Waals surface area contributed by atoms with Crippen LogP contribution in [-0.4, -0.2) is 9.97 Å². The fourth-order valence-electron chi connectivity index (χ4n) is 2.25. The minimum atomic E-state index is 0.826. The largest absolute Gasteiger partial charge is 0.233 e. The number of aromatic nitrogens is 2. The van der Waals surface area contributed by atoms with Gasteiger partial charge < -0.3 is 0 Å². The third kappa shape index (κ3) is 3.37. The first kappa shape index (κ1) is 14.0. The molecule has 0 saturated heterocycles. The van der Waals surface area contributed by atoms with Crippen molar-refractivity contribution < 1.29 is 0 Å². The average Bonchev–Trinajstić information content (AvgIpc) is 3.08. The van der Waals surface area contributed by atoms with Crippen molar-refractivity contribution in [3.63, 3.8) is 0 Å². The molecule has 0 spiro atoms. The smallest absolute Gasteiger partial charge is 0.160 e. The van der Waals surface area contributed by atoms with Crippen LogP contribution in [0.1, 0.15) is 25.5 Å². The van der Waals surface area contributed by atoms with Gasteiger partial charge in [0, 0.05) is 11.3 Å². The lowest BCUT2D eigenvalue weighted by Gasteiger charge is -2.07. The summed E-state index contributed by atoms with van der Waals surface area (Å²) < 4.78 is 0. The number of thiophene rings is 1. The van der Waals surface area contributed by atoms with E-state index in [0.717, 1.165) is 35.6 Å². The first-order chi connectivity index (χ1) is 10.4. The summed E-state index contributed by atoms with van der Waals surface area (Å²) in [5, 5.41) is 2.09. The zero-order chi connectivity index (χ0) is 14.5. The van der Waals surface area contributed by atoms with Crippen molar-refractivity contribution in [1.29, 1.82) is 0 Å². The second-order valence-corrected chi connectivity index (χ2v) is 5.96. The third-order valence-electron chi connectivity index (χ3n) is 3.37. The Kier molecular flexibility index (Phi) is 4.41. The van der Waals surface area contributed by atoms with Gasteiger partial charge in [-0.05, 0) is 30.4 Å². The molecule has 2 heterocycles. The van der Waals surface area contributed by atoms with Gasteiger partial charge in [0.2, 0.25) is 0 Å². The predicted octanol–water partition coefficient (Wildman–Crippen LogP) is 5.21. The van der Waals surface area contributed by atoms with Gasteiger partial charge in [-0.3, -0.25) is 0 Å². The summed E-state index contributed by atoms with van der Waals surface area (Å²) in [6.07, 6.45) is 3.35. The second-order valence-electron chi connectivity index (χ2n) is 5.02. The molecule has 21 heavy (non-hydrogen) atoms. The van der Waals surface area contributed by atoms with Gasteiger partial charge >= 0.3 is 0 Å². The second kappa shape index (κ2) is 6.64. The lowest BCUT2D eigenvalue weighted by molar-refractivity contribution is 0.775. The molecule has 3 rings (SSSR count). The Morgan fingerprint density at radius 3 is 2.57 bits per heavy atom. The maximum absolute atomic E-state index is 4.75. The monoisotopic (exact) mass is 294 g/mol. The Morgan fingerprint density at radius 2 is 1.86 bits per heavy atom. The number of hydrogen-bond donors (Lipinski definition) is 0. The van der Waals surface area contributed by atoms with E-state index < -0.39 is 0 Å². The highest BCUT2D eigenvalue weighted by Gasteiger charge is 2.09. The number of aryl methyl sites for hydroxylation is 1. The van der Waals surface area contributed by atoms with Crippen LogP contribution in [0.25, 0.3) is 22.0 Å². The molecule has 0 amide bonds. The molecule has 0 N–H and O–H groups in total. The Labute approximate surface area is 129 Å². The lowest BCUT2D eigenvalue weighted by atomic mass is 10.1. The molecule has 0 unspecified atom stereocenters. The Morgan fingerprint density at radius 1 is 1.00 bits per heavy atom. The number of benzene rings is 1. The molecular weight excluding hydrogens is 276 g/mol. The highest BCUT2D eigenvalue weighted by molar-refractivity contribution is 7.13. The molecule has 0 atom stereocenters. The van der Waals surface area contributed by atoms with Crippen LogP contribution in [-0.2, 0) is 6.42 Å². The molecule has 0 bridgehead atoms. The van der Waals surface area contributed by atoms with E-state index in [0.29, 0.717) is 0 Å². The quantitative estimate of drug-likeness (QED) is 0.645. The van der Waals surface area contributed by atoms with Crippen molar-refractivity contribution in [3.8, 4) is 22.0 Å². The first-order valence-corrected chi connectivity index (χ1v) is 8.22. The predicted molar refractivity (Wildman–Crippen MR) is 89.4 cm³/mol. The molecular formula is C18H18N2S. The normalized spacial score (nSPS) is 10.7. The maximum Gasteiger partial charge on any atom is 0.160 e.